The van der Waals surface area contributed by atoms with Crippen molar-refractivity contribution in [3.8, 4) is 0 Å². The molecule has 1 aromatic heterocycles. The molecule has 1 saturated heterocycles. The Morgan fingerprint density at radius 2 is 1.71 bits per heavy atom. The second kappa shape index (κ2) is 4.91. The van der Waals surface area contributed by atoms with E-state index in [4.69, 9.17) is 4.42 Å². The van der Waals surface area contributed by atoms with E-state index in [1.165, 1.54) is 6.08 Å². The fraction of sp³-hybridized carbons (Fsp3) is 0. The number of carbonyl (C=O) groups excluding carboxylic acids is 2. The third-order valence-corrected chi connectivity index (χ3v) is 3.38. The van der Waals surface area contributed by atoms with E-state index in [9.17, 15) is 18.0 Å². The van der Waals surface area contributed by atoms with E-state index in [1.807, 2.05) is 12.1 Å². The molecule has 0 bridgehead atoms. The number of carbonyl (C=O) groups is 2. The van der Waals surface area contributed by atoms with Gasteiger partial charge in [-0.2, -0.15) is 8.42 Å². The molecular weight excluding hydrogens is 296 g/mol. The molecule has 1 aliphatic heterocycles. The van der Waals surface area contributed by atoms with Crippen LogP contribution in [0.25, 0.3) is 17.0 Å². The monoisotopic (exact) mass is 304 g/mol. The highest BCUT2D eigenvalue weighted by Gasteiger charge is 2.27. The molecule has 7 nitrogen and oxygen atoms in total. The van der Waals surface area contributed by atoms with Gasteiger partial charge in [0.1, 0.15) is 16.9 Å². The Kier molecular flexibility index (Phi) is 3.07. The van der Waals surface area contributed by atoms with Crippen molar-refractivity contribution in [3.63, 3.8) is 0 Å². The lowest BCUT2D eigenvalue weighted by Crippen LogP contribution is -2.52. The Labute approximate surface area is 119 Å². The molecule has 2 heterocycles. The molecule has 0 aliphatic carbocycles. The number of benzene rings is 1. The minimum absolute atomic E-state index is 0.233. The van der Waals surface area contributed by atoms with Crippen LogP contribution in [0.3, 0.4) is 0 Å². The van der Waals surface area contributed by atoms with Crippen LogP contribution in [0, 0.1) is 0 Å². The maximum absolute atomic E-state index is 11.8. The molecule has 21 heavy (non-hydrogen) atoms. The van der Waals surface area contributed by atoms with Gasteiger partial charge in [0.15, 0.2) is 0 Å². The largest absolute Gasteiger partial charge is 0.457 e. The summed E-state index contributed by atoms with van der Waals surface area (Å²) < 4.78 is 26.9. The van der Waals surface area contributed by atoms with Crippen LogP contribution in [0.4, 0.5) is 0 Å². The molecule has 0 saturated carbocycles. The minimum Gasteiger partial charge on any atom is -0.457 e. The first-order valence-corrected chi connectivity index (χ1v) is 6.91. The molecule has 2 N–H and O–H groups in total. The van der Waals surface area contributed by atoms with Gasteiger partial charge in [0.25, 0.3) is 22.1 Å². The van der Waals surface area contributed by atoms with Gasteiger partial charge in [0.2, 0.25) is 5.11 Å². The van der Waals surface area contributed by atoms with Crippen LogP contribution in [0.2, 0.25) is 0 Å². The molecule has 0 atom stereocenters. The van der Waals surface area contributed by atoms with Crippen LogP contribution < -0.4 is 10.6 Å². The molecule has 2 aromatic rings. The number of hydrogen-bond acceptors (Lipinski definition) is 5. The topological polar surface area (TPSA) is 105 Å². The van der Waals surface area contributed by atoms with Gasteiger partial charge >= 0.3 is 0 Å². The van der Waals surface area contributed by atoms with Crippen LogP contribution in [0.15, 0.2) is 40.3 Å². The maximum atomic E-state index is 11.8. The first-order valence-electron chi connectivity index (χ1n) is 5.84. The summed E-state index contributed by atoms with van der Waals surface area (Å²) in [5, 5.41) is 4.41. The van der Waals surface area contributed by atoms with E-state index in [2.05, 4.69) is 10.6 Å². The van der Waals surface area contributed by atoms with Gasteiger partial charge in [-0.15, -0.1) is 0 Å². The molecule has 1 aromatic carbocycles. The van der Waals surface area contributed by atoms with Crippen molar-refractivity contribution in [1.29, 1.82) is 0 Å². The predicted octanol–water partition coefficient (Wildman–Crippen LogP) is 0.0287. The van der Waals surface area contributed by atoms with Gasteiger partial charge in [0, 0.05) is 5.39 Å². The molecule has 2 amide bonds. The van der Waals surface area contributed by atoms with Crippen molar-refractivity contribution < 1.29 is 22.4 Å². The van der Waals surface area contributed by atoms with E-state index in [-0.39, 0.29) is 5.57 Å². The average Bonchev–Trinajstić information content (AvgIpc) is 2.85. The zero-order valence-electron chi connectivity index (χ0n) is 10.4. The Morgan fingerprint density at radius 3 is 2.33 bits per heavy atom. The molecule has 8 heteroatoms. The van der Waals surface area contributed by atoms with Gasteiger partial charge in [-0.05, 0) is 18.2 Å². The summed E-state index contributed by atoms with van der Waals surface area (Å²) in [5.41, 5.74) is 0.386. The van der Waals surface area contributed by atoms with E-state index in [0.717, 1.165) is 5.39 Å². The molecular formula is C13H8N2O5S. The standard InChI is InChI=1S/C13H8N2O5S/c16-11-9(12(17)15-13(14-11)21(18)19)6-8-5-7-3-1-2-4-10(7)20-8/h1-6H,(H,14,16)(H,15,17). The molecule has 1 fully saturated rings. The first kappa shape index (κ1) is 13.1. The second-order valence-corrected chi connectivity index (χ2v) is 5.09. The highest BCUT2D eigenvalue weighted by molar-refractivity contribution is 7.72. The molecule has 0 unspecified atom stereocenters. The highest BCUT2D eigenvalue weighted by Crippen LogP contribution is 2.21. The molecule has 106 valence electrons. The normalized spacial score (nSPS) is 14.9. The summed E-state index contributed by atoms with van der Waals surface area (Å²) in [6.07, 6.45) is 1.26. The zero-order chi connectivity index (χ0) is 15.0. The Bertz CT molecular complexity index is 873. The van der Waals surface area contributed by atoms with Crippen LogP contribution in [-0.2, 0) is 19.9 Å². The third kappa shape index (κ3) is 2.43. The lowest BCUT2D eigenvalue weighted by Gasteiger charge is -2.15. The molecule has 0 radical (unpaired) electrons. The second-order valence-electron chi connectivity index (χ2n) is 4.22. The number of furan rings is 1. The van der Waals surface area contributed by atoms with Crippen LogP contribution in [0.1, 0.15) is 5.76 Å². The number of rotatable bonds is 1. The lowest BCUT2D eigenvalue weighted by molar-refractivity contribution is -0.123. The van der Waals surface area contributed by atoms with E-state index >= 15 is 0 Å². The summed E-state index contributed by atoms with van der Waals surface area (Å²) in [4.78, 5) is 23.5. The predicted molar refractivity (Wildman–Crippen MR) is 74.4 cm³/mol. The summed E-state index contributed by atoms with van der Waals surface area (Å²) in [6, 6.07) is 8.89. The Balaban J connectivity index is 2.01. The Morgan fingerprint density at radius 1 is 1.05 bits per heavy atom. The number of nitrogens with one attached hydrogen (secondary N) is 2. The van der Waals surface area contributed by atoms with Crippen LogP contribution in [0.5, 0.6) is 0 Å². The number of amides is 2. The number of fused-ring (bicyclic) bond motifs is 1. The van der Waals surface area contributed by atoms with Crippen LogP contribution in [-0.4, -0.2) is 25.3 Å². The van der Waals surface area contributed by atoms with E-state index < -0.39 is 27.2 Å². The van der Waals surface area contributed by atoms with Gasteiger partial charge in [-0.1, -0.05) is 18.2 Å². The van der Waals surface area contributed by atoms with Crippen molar-refractivity contribution in [3.05, 3.63) is 41.7 Å². The van der Waals surface area contributed by atoms with Gasteiger partial charge < -0.3 is 4.42 Å². The third-order valence-electron chi connectivity index (χ3n) is 2.84. The maximum Gasteiger partial charge on any atom is 0.263 e. The lowest BCUT2D eigenvalue weighted by atomic mass is 10.1. The summed E-state index contributed by atoms with van der Waals surface area (Å²) in [5.74, 6) is -1.29. The summed E-state index contributed by atoms with van der Waals surface area (Å²) in [6.45, 7) is 0. The van der Waals surface area contributed by atoms with Gasteiger partial charge in [-0.3, -0.25) is 20.2 Å². The van der Waals surface area contributed by atoms with Crippen molar-refractivity contribution >= 4 is 44.3 Å². The van der Waals surface area contributed by atoms with E-state index in [0.29, 0.717) is 11.3 Å². The molecule has 0 spiro atoms. The van der Waals surface area contributed by atoms with Crippen molar-refractivity contribution in [2.75, 3.05) is 0 Å². The van der Waals surface area contributed by atoms with Crippen molar-refractivity contribution in [2.24, 2.45) is 0 Å². The number of para-hydroxylation sites is 1. The summed E-state index contributed by atoms with van der Waals surface area (Å²) >= 11 is 0. The number of hydrogen-bond donors (Lipinski definition) is 2. The zero-order valence-corrected chi connectivity index (χ0v) is 11.2. The van der Waals surface area contributed by atoms with Gasteiger partial charge in [0.05, 0.1) is 0 Å². The SMILES string of the molecule is O=C1NC(=S(=O)=O)NC(=O)C1=Cc1cc2ccccc2o1. The highest BCUT2D eigenvalue weighted by atomic mass is 32.2. The molecule has 3 rings (SSSR count). The minimum atomic E-state index is -2.72. The van der Waals surface area contributed by atoms with Crippen molar-refractivity contribution in [2.45, 2.75) is 0 Å². The fourth-order valence-electron chi connectivity index (χ4n) is 1.91. The summed E-state index contributed by atoms with van der Waals surface area (Å²) in [7, 11) is -2.72. The average molecular weight is 304 g/mol. The first-order chi connectivity index (χ1) is 10.0. The fourth-order valence-corrected chi connectivity index (χ4v) is 2.26. The van der Waals surface area contributed by atoms with Crippen LogP contribution >= 0.6 is 0 Å². The Hall–Kier alpha value is -2.87. The van der Waals surface area contributed by atoms with E-state index in [1.54, 1.807) is 18.2 Å². The van der Waals surface area contributed by atoms with Crippen molar-refractivity contribution in [1.82, 2.24) is 10.6 Å². The van der Waals surface area contributed by atoms with Gasteiger partial charge in [-0.25, -0.2) is 0 Å². The molecule has 1 aliphatic rings. The smallest absolute Gasteiger partial charge is 0.263 e. The quantitative estimate of drug-likeness (QED) is 0.439.